The van der Waals surface area contributed by atoms with E-state index < -0.39 is 0 Å². The molecule has 1 N–H and O–H groups in total. The molecule has 0 saturated carbocycles. The second-order valence-corrected chi connectivity index (χ2v) is 4.79. The minimum Gasteiger partial charge on any atom is -0.370 e. The van der Waals surface area contributed by atoms with Crippen molar-refractivity contribution in [2.45, 2.75) is 12.8 Å². The molecule has 1 aromatic carbocycles. The predicted molar refractivity (Wildman–Crippen MR) is 75.2 cm³/mol. The van der Waals surface area contributed by atoms with E-state index in [1.165, 1.54) is 5.56 Å². The van der Waals surface area contributed by atoms with Crippen molar-refractivity contribution in [3.63, 3.8) is 0 Å². The van der Waals surface area contributed by atoms with Gasteiger partial charge in [0.1, 0.15) is 5.82 Å². The summed E-state index contributed by atoms with van der Waals surface area (Å²) in [5.74, 6) is 0.946. The quantitative estimate of drug-likeness (QED) is 0.845. The first-order chi connectivity index (χ1) is 8.34. The van der Waals surface area contributed by atoms with E-state index in [9.17, 15) is 0 Å². The van der Waals surface area contributed by atoms with Crippen LogP contribution in [-0.4, -0.2) is 11.5 Å². The number of anilines is 1. The molecule has 0 aliphatic carbocycles. The van der Waals surface area contributed by atoms with Gasteiger partial charge in [0.25, 0.3) is 0 Å². The largest absolute Gasteiger partial charge is 0.370 e. The average Bonchev–Trinajstić information content (AvgIpc) is 2.36. The average molecular weight is 291 g/mol. The number of pyridine rings is 1. The maximum atomic E-state index is 4.22. The third-order valence-corrected chi connectivity index (χ3v) is 3.00. The lowest BCUT2D eigenvalue weighted by Crippen LogP contribution is -2.04. The maximum Gasteiger partial charge on any atom is 0.125 e. The van der Waals surface area contributed by atoms with E-state index in [4.69, 9.17) is 0 Å². The zero-order valence-corrected chi connectivity index (χ0v) is 11.2. The van der Waals surface area contributed by atoms with Gasteiger partial charge in [0, 0.05) is 17.2 Å². The van der Waals surface area contributed by atoms with Crippen LogP contribution in [0.2, 0.25) is 0 Å². The van der Waals surface area contributed by atoms with Gasteiger partial charge in [-0.15, -0.1) is 0 Å². The number of benzene rings is 1. The number of hydrogen-bond acceptors (Lipinski definition) is 2. The summed E-state index contributed by atoms with van der Waals surface area (Å²) in [6, 6.07) is 14.4. The summed E-state index contributed by atoms with van der Waals surface area (Å²) in [5.41, 5.74) is 1.36. The minimum atomic E-state index is 0.946. The Kier molecular flexibility index (Phi) is 4.56. The smallest absolute Gasteiger partial charge is 0.125 e. The van der Waals surface area contributed by atoms with Crippen LogP contribution in [0.5, 0.6) is 0 Å². The van der Waals surface area contributed by atoms with Crippen molar-refractivity contribution in [3.05, 3.63) is 58.7 Å². The first-order valence-electron chi connectivity index (χ1n) is 5.74. The Morgan fingerprint density at radius 2 is 2.06 bits per heavy atom. The third-order valence-electron chi connectivity index (χ3n) is 2.50. The highest BCUT2D eigenvalue weighted by atomic mass is 79.9. The lowest BCUT2D eigenvalue weighted by atomic mass is 10.1. The Hall–Kier alpha value is -1.35. The molecule has 0 spiro atoms. The summed E-state index contributed by atoms with van der Waals surface area (Å²) in [6.45, 7) is 0.948. The van der Waals surface area contributed by atoms with Crippen molar-refractivity contribution in [1.82, 2.24) is 4.98 Å². The minimum absolute atomic E-state index is 0.946. The lowest BCUT2D eigenvalue weighted by molar-refractivity contribution is 0.858. The summed E-state index contributed by atoms with van der Waals surface area (Å²) >= 11 is 3.48. The highest BCUT2D eigenvalue weighted by molar-refractivity contribution is 9.10. The van der Waals surface area contributed by atoms with Crippen molar-refractivity contribution in [2.75, 3.05) is 11.9 Å². The van der Waals surface area contributed by atoms with Gasteiger partial charge in [0.2, 0.25) is 0 Å². The number of nitrogens with one attached hydrogen (secondary N) is 1. The molecule has 0 amide bonds. The van der Waals surface area contributed by atoms with Crippen molar-refractivity contribution in [1.29, 1.82) is 0 Å². The molecule has 3 heteroatoms. The molecule has 88 valence electrons. The molecule has 1 heterocycles. The first kappa shape index (κ1) is 12.1. The number of aryl methyl sites for hydroxylation is 1. The maximum absolute atomic E-state index is 4.22. The van der Waals surface area contributed by atoms with E-state index in [2.05, 4.69) is 50.5 Å². The summed E-state index contributed by atoms with van der Waals surface area (Å²) in [6.07, 6.45) is 3.99. The second kappa shape index (κ2) is 6.40. The lowest BCUT2D eigenvalue weighted by Gasteiger charge is -2.05. The van der Waals surface area contributed by atoms with E-state index in [-0.39, 0.29) is 0 Å². The van der Waals surface area contributed by atoms with E-state index in [0.717, 1.165) is 29.7 Å². The monoisotopic (exact) mass is 290 g/mol. The molecule has 0 aliphatic heterocycles. The van der Waals surface area contributed by atoms with Crippen molar-refractivity contribution in [3.8, 4) is 0 Å². The van der Waals surface area contributed by atoms with Crippen molar-refractivity contribution in [2.24, 2.45) is 0 Å². The molecule has 1 aromatic heterocycles. The standard InChI is InChI=1S/C14H15BrN2/c15-13-7-3-5-12(11-13)6-4-10-17-14-8-1-2-9-16-14/h1-3,5,7-9,11H,4,6,10H2,(H,16,17). The van der Waals surface area contributed by atoms with Gasteiger partial charge in [0.15, 0.2) is 0 Å². The summed E-state index contributed by atoms with van der Waals surface area (Å²) < 4.78 is 1.15. The Bertz CT molecular complexity index is 457. The molecule has 0 bridgehead atoms. The molecule has 0 radical (unpaired) electrons. The molecule has 0 unspecified atom stereocenters. The molecule has 0 aliphatic rings. The molecule has 0 saturated heterocycles. The number of nitrogens with zero attached hydrogens (tertiary/aromatic N) is 1. The highest BCUT2D eigenvalue weighted by Gasteiger charge is 1.95. The van der Waals surface area contributed by atoms with Crippen LogP contribution in [0.3, 0.4) is 0 Å². The van der Waals surface area contributed by atoms with Gasteiger partial charge in [-0.3, -0.25) is 0 Å². The van der Waals surface area contributed by atoms with Crippen LogP contribution in [0.4, 0.5) is 5.82 Å². The molecule has 0 fully saturated rings. The zero-order valence-electron chi connectivity index (χ0n) is 9.57. The fraction of sp³-hybridized carbons (Fsp3) is 0.214. The van der Waals surface area contributed by atoms with Gasteiger partial charge < -0.3 is 5.32 Å². The third kappa shape index (κ3) is 4.19. The van der Waals surface area contributed by atoms with Gasteiger partial charge >= 0.3 is 0 Å². The molecule has 2 nitrogen and oxygen atoms in total. The van der Waals surface area contributed by atoms with Crippen LogP contribution in [-0.2, 0) is 6.42 Å². The zero-order chi connectivity index (χ0) is 11.9. The number of aromatic nitrogens is 1. The van der Waals surface area contributed by atoms with Crippen molar-refractivity contribution >= 4 is 21.7 Å². The van der Waals surface area contributed by atoms with E-state index >= 15 is 0 Å². The predicted octanol–water partition coefficient (Wildman–Crippen LogP) is 3.89. The Morgan fingerprint density at radius 1 is 1.12 bits per heavy atom. The van der Waals surface area contributed by atoms with Gasteiger partial charge in [-0.2, -0.15) is 0 Å². The van der Waals surface area contributed by atoms with E-state index in [1.807, 2.05) is 18.2 Å². The Labute approximate surface area is 110 Å². The van der Waals surface area contributed by atoms with Crippen LogP contribution in [0.25, 0.3) is 0 Å². The highest BCUT2D eigenvalue weighted by Crippen LogP contribution is 2.13. The van der Waals surface area contributed by atoms with Crippen LogP contribution < -0.4 is 5.32 Å². The molecule has 2 rings (SSSR count). The van der Waals surface area contributed by atoms with Crippen molar-refractivity contribution < 1.29 is 0 Å². The number of halogens is 1. The van der Waals surface area contributed by atoms with Crippen LogP contribution in [0.15, 0.2) is 53.1 Å². The summed E-state index contributed by atoms with van der Waals surface area (Å²) in [5, 5.41) is 3.31. The van der Waals surface area contributed by atoms with Gasteiger partial charge in [-0.1, -0.05) is 34.1 Å². The van der Waals surface area contributed by atoms with Gasteiger partial charge in [-0.05, 0) is 42.7 Å². The number of rotatable bonds is 5. The van der Waals surface area contributed by atoms with E-state index in [0.29, 0.717) is 0 Å². The molecular weight excluding hydrogens is 276 g/mol. The SMILES string of the molecule is Brc1cccc(CCCNc2ccccn2)c1. The van der Waals surface area contributed by atoms with Crippen LogP contribution in [0.1, 0.15) is 12.0 Å². The Balaban J connectivity index is 1.73. The second-order valence-electron chi connectivity index (χ2n) is 3.88. The van der Waals surface area contributed by atoms with Gasteiger partial charge in [-0.25, -0.2) is 4.98 Å². The molecule has 0 atom stereocenters. The fourth-order valence-electron chi connectivity index (χ4n) is 1.67. The molecule has 17 heavy (non-hydrogen) atoms. The topological polar surface area (TPSA) is 24.9 Å². The fourth-order valence-corrected chi connectivity index (χ4v) is 2.12. The van der Waals surface area contributed by atoms with E-state index in [1.54, 1.807) is 6.20 Å². The molecular formula is C14H15BrN2. The molecule has 2 aromatic rings. The summed E-state index contributed by atoms with van der Waals surface area (Å²) in [4.78, 5) is 4.22. The van der Waals surface area contributed by atoms with Crippen LogP contribution >= 0.6 is 15.9 Å². The van der Waals surface area contributed by atoms with Gasteiger partial charge in [0.05, 0.1) is 0 Å². The summed E-state index contributed by atoms with van der Waals surface area (Å²) in [7, 11) is 0. The Morgan fingerprint density at radius 3 is 2.82 bits per heavy atom. The van der Waals surface area contributed by atoms with Crippen LogP contribution in [0, 0.1) is 0 Å². The number of hydrogen-bond donors (Lipinski definition) is 1. The normalized spacial score (nSPS) is 10.2. The first-order valence-corrected chi connectivity index (χ1v) is 6.53.